The molecule has 0 aliphatic carbocycles. The van der Waals surface area contributed by atoms with Gasteiger partial charge in [-0.1, -0.05) is 75.0 Å². The van der Waals surface area contributed by atoms with Crippen molar-refractivity contribution in [3.05, 3.63) is 88.6 Å². The topological polar surface area (TPSA) is 29.4 Å². The van der Waals surface area contributed by atoms with Crippen LogP contribution in [0.3, 0.4) is 0 Å². The highest BCUT2D eigenvalue weighted by Crippen LogP contribution is 2.19. The molecule has 0 saturated carbocycles. The number of allylic oxidation sites excluding steroid dienone is 12. The summed E-state index contributed by atoms with van der Waals surface area (Å²) in [5.74, 6) is 0.114. The third-order valence-corrected chi connectivity index (χ3v) is 3.26. The van der Waals surface area contributed by atoms with Crippen LogP contribution in [-0.2, 0) is 0 Å². The predicted molar refractivity (Wildman–Crippen MR) is 108 cm³/mol. The summed E-state index contributed by atoms with van der Waals surface area (Å²) in [6, 6.07) is 0. The summed E-state index contributed by atoms with van der Waals surface area (Å²) in [4.78, 5) is 11.0. The van der Waals surface area contributed by atoms with Gasteiger partial charge in [0.2, 0.25) is 0 Å². The van der Waals surface area contributed by atoms with Gasteiger partial charge in [-0.3, -0.25) is 0 Å². The first-order chi connectivity index (χ1) is 11.4. The molecule has 0 heterocycles. The lowest BCUT2D eigenvalue weighted by molar-refractivity contribution is 0.854. The van der Waals surface area contributed by atoms with Crippen molar-refractivity contribution >= 4 is 0 Å². The van der Waals surface area contributed by atoms with Gasteiger partial charge >= 0.3 is 0 Å². The van der Waals surface area contributed by atoms with Crippen molar-refractivity contribution in [2.75, 3.05) is 0 Å². The van der Waals surface area contributed by atoms with Crippen LogP contribution in [0.25, 0.3) is 0 Å². The van der Waals surface area contributed by atoms with Gasteiger partial charge in [-0.25, -0.2) is 0 Å². The fourth-order valence-corrected chi connectivity index (χ4v) is 2.02. The average molecular weight is 325 g/mol. The van der Waals surface area contributed by atoms with Crippen LogP contribution in [-0.4, -0.2) is 0 Å². The fourth-order valence-electron chi connectivity index (χ4n) is 2.02. The molecule has 0 rings (SSSR count). The zero-order chi connectivity index (χ0) is 18.4. The molecule has 0 unspecified atom stereocenters. The van der Waals surface area contributed by atoms with Crippen LogP contribution in [0.5, 0.6) is 0 Å². The second-order valence-electron chi connectivity index (χ2n) is 5.98. The molecule has 0 aromatic rings. The van der Waals surface area contributed by atoms with E-state index in [1.807, 2.05) is 63.3 Å². The summed E-state index contributed by atoms with van der Waals surface area (Å²) in [6.07, 6.45) is 20.0. The Balaban J connectivity index is 5.33. The molecule has 0 aliphatic rings. The highest BCUT2D eigenvalue weighted by molar-refractivity contribution is 5.36. The molecule has 0 spiro atoms. The molecule has 130 valence electrons. The van der Waals surface area contributed by atoms with Crippen LogP contribution in [0.4, 0.5) is 0 Å². The number of nitrogens with zero attached hydrogens (tertiary/aromatic N) is 1. The molecule has 24 heavy (non-hydrogen) atoms. The van der Waals surface area contributed by atoms with Crippen LogP contribution < -0.4 is 0 Å². The van der Waals surface area contributed by atoms with Gasteiger partial charge in [-0.2, -0.15) is 0 Å². The molecular weight excluding hydrogens is 294 g/mol. The number of rotatable bonds is 10. The predicted octanol–water partition coefficient (Wildman–Crippen LogP) is 7.21. The van der Waals surface area contributed by atoms with Crippen LogP contribution >= 0.6 is 0 Å². The van der Waals surface area contributed by atoms with Gasteiger partial charge in [0.15, 0.2) is 0 Å². The monoisotopic (exact) mass is 325 g/mol. The Morgan fingerprint density at radius 2 is 1.88 bits per heavy atom. The highest BCUT2D eigenvalue weighted by atomic mass is 16.3. The Morgan fingerprint density at radius 1 is 1.17 bits per heavy atom. The average Bonchev–Trinajstić information content (AvgIpc) is 2.53. The van der Waals surface area contributed by atoms with Gasteiger partial charge in [0.1, 0.15) is 5.70 Å². The van der Waals surface area contributed by atoms with E-state index in [0.29, 0.717) is 5.70 Å². The van der Waals surface area contributed by atoms with Gasteiger partial charge in [0.25, 0.3) is 0 Å². The first kappa shape index (κ1) is 21.8. The minimum absolute atomic E-state index is 0.114. The summed E-state index contributed by atoms with van der Waals surface area (Å²) in [7, 11) is 0. The van der Waals surface area contributed by atoms with E-state index in [-0.39, 0.29) is 5.92 Å². The van der Waals surface area contributed by atoms with Crippen LogP contribution in [0.1, 0.15) is 47.5 Å². The van der Waals surface area contributed by atoms with Crippen molar-refractivity contribution in [3.8, 4) is 0 Å². The smallest absolute Gasteiger partial charge is 0.104 e. The molecule has 0 amide bonds. The Labute approximate surface area is 147 Å². The Hall–Kier alpha value is -2.22. The molecule has 0 bridgehead atoms. The maximum Gasteiger partial charge on any atom is 0.104 e. The summed E-state index contributed by atoms with van der Waals surface area (Å²) in [5, 5.41) is 3.12. The molecule has 0 N–H and O–H groups in total. The molecule has 0 saturated heterocycles. The molecule has 2 nitrogen and oxygen atoms in total. The van der Waals surface area contributed by atoms with Gasteiger partial charge < -0.3 is 0 Å². The van der Waals surface area contributed by atoms with Gasteiger partial charge in [0, 0.05) is 5.92 Å². The molecule has 0 aromatic heterocycles. The second kappa shape index (κ2) is 13.2. The zero-order valence-electron chi connectivity index (χ0n) is 15.8. The summed E-state index contributed by atoms with van der Waals surface area (Å²) < 4.78 is 0. The van der Waals surface area contributed by atoms with Gasteiger partial charge in [0.05, 0.1) is 0 Å². The molecule has 0 aromatic carbocycles. The Bertz CT molecular complexity index is 579. The lowest BCUT2D eigenvalue weighted by atomic mass is 9.96. The fraction of sp³-hybridized carbons (Fsp3) is 0.364. The largest absolute Gasteiger partial charge is 0.145 e. The zero-order valence-corrected chi connectivity index (χ0v) is 15.8. The van der Waals surface area contributed by atoms with Crippen LogP contribution in [0, 0.1) is 10.8 Å². The molecule has 2 heteroatoms. The van der Waals surface area contributed by atoms with Gasteiger partial charge in [-0.15, -0.1) is 4.91 Å². The van der Waals surface area contributed by atoms with E-state index in [2.05, 4.69) is 37.8 Å². The Morgan fingerprint density at radius 3 is 2.42 bits per heavy atom. The molecule has 1 atom stereocenters. The lowest BCUT2D eigenvalue weighted by Gasteiger charge is -2.09. The maximum atomic E-state index is 11.0. The molecular formula is C22H31NO. The van der Waals surface area contributed by atoms with Crippen molar-refractivity contribution in [3.63, 3.8) is 0 Å². The molecule has 0 radical (unpaired) electrons. The first-order valence-corrected chi connectivity index (χ1v) is 8.51. The summed E-state index contributed by atoms with van der Waals surface area (Å²) >= 11 is 0. The normalized spacial score (nSPS) is 14.5. The van der Waals surface area contributed by atoms with E-state index in [0.717, 1.165) is 24.0 Å². The van der Waals surface area contributed by atoms with E-state index in [1.165, 1.54) is 5.57 Å². The highest BCUT2D eigenvalue weighted by Gasteiger charge is 2.05. The third kappa shape index (κ3) is 10.5. The number of nitroso groups, excluding NO2 is 1. The van der Waals surface area contributed by atoms with Crippen molar-refractivity contribution in [2.45, 2.75) is 47.5 Å². The number of unbranched alkanes of at least 4 members (excludes halogenated alkanes) is 1. The third-order valence-electron chi connectivity index (χ3n) is 3.26. The minimum atomic E-state index is 0.114. The van der Waals surface area contributed by atoms with Crippen molar-refractivity contribution in [2.24, 2.45) is 11.1 Å². The van der Waals surface area contributed by atoms with E-state index in [9.17, 15) is 4.91 Å². The summed E-state index contributed by atoms with van der Waals surface area (Å²) in [6.45, 7) is 14.1. The Kier molecular flexibility index (Phi) is 12.0. The van der Waals surface area contributed by atoms with E-state index in [1.54, 1.807) is 0 Å². The molecule has 0 fully saturated rings. The van der Waals surface area contributed by atoms with E-state index >= 15 is 0 Å². The maximum absolute atomic E-state index is 11.0. The second-order valence-corrected chi connectivity index (χ2v) is 5.98. The molecule has 0 aliphatic heterocycles. The quantitative estimate of drug-likeness (QED) is 0.308. The van der Waals surface area contributed by atoms with Gasteiger partial charge in [-0.05, 0) is 55.7 Å². The summed E-state index contributed by atoms with van der Waals surface area (Å²) in [5.41, 5.74) is 3.64. The van der Waals surface area contributed by atoms with Crippen molar-refractivity contribution in [1.82, 2.24) is 0 Å². The minimum Gasteiger partial charge on any atom is -0.145 e. The van der Waals surface area contributed by atoms with E-state index < -0.39 is 0 Å². The SMILES string of the molecule is C=C(/C=C\C=C\C)/C=C/C(=C\CCC)[C@@H](C)/C=C(\C=C(C)C)N=O. The number of hydrogen-bond acceptors (Lipinski definition) is 2. The van der Waals surface area contributed by atoms with Crippen LogP contribution in [0.15, 0.2) is 88.9 Å². The van der Waals surface area contributed by atoms with Crippen LogP contribution in [0.2, 0.25) is 0 Å². The standard InChI is InChI=1S/C22H31NO/c1-7-9-11-12-19(5)14-15-21(13-10-8-2)20(6)17-22(23-24)16-18(3)4/h7,9,11-17,20H,5,8,10H2,1-4,6H3/b9-7+,12-11-,15-14+,21-13+,22-17+/t20-/m0/s1. The lowest BCUT2D eigenvalue weighted by Crippen LogP contribution is -1.95. The van der Waals surface area contributed by atoms with Crippen molar-refractivity contribution in [1.29, 1.82) is 0 Å². The first-order valence-electron chi connectivity index (χ1n) is 8.51. The van der Waals surface area contributed by atoms with Crippen molar-refractivity contribution < 1.29 is 0 Å². The number of hydrogen-bond donors (Lipinski definition) is 0. The van der Waals surface area contributed by atoms with E-state index in [4.69, 9.17) is 0 Å².